The van der Waals surface area contributed by atoms with Crippen LogP contribution in [0.5, 0.6) is 0 Å². The molecule has 0 unspecified atom stereocenters. The summed E-state index contributed by atoms with van der Waals surface area (Å²) in [5.41, 5.74) is 1.21. The van der Waals surface area contributed by atoms with Crippen LogP contribution in [0.1, 0.15) is 37.6 Å². The van der Waals surface area contributed by atoms with Gasteiger partial charge >= 0.3 is 0 Å². The van der Waals surface area contributed by atoms with Crippen LogP contribution in [0.15, 0.2) is 39.6 Å². The van der Waals surface area contributed by atoms with Gasteiger partial charge in [0.15, 0.2) is 27.1 Å². The number of aryl methyl sites for hydroxylation is 2. The van der Waals surface area contributed by atoms with Crippen molar-refractivity contribution in [3.63, 3.8) is 0 Å². The lowest BCUT2D eigenvalue weighted by Gasteiger charge is -2.22. The zero-order valence-electron chi connectivity index (χ0n) is 18.5. The maximum absolute atomic E-state index is 13.2. The van der Waals surface area contributed by atoms with Crippen molar-refractivity contribution < 1.29 is 9.32 Å². The Morgan fingerprint density at radius 3 is 2.76 bits per heavy atom. The molecule has 1 aromatic carbocycles. The van der Waals surface area contributed by atoms with Gasteiger partial charge in [0.1, 0.15) is 0 Å². The molecule has 0 saturated carbocycles. The summed E-state index contributed by atoms with van der Waals surface area (Å²) in [4.78, 5) is 42.2. The largest absolute Gasteiger partial charge is 0.338 e. The number of aromatic nitrogens is 5. The lowest BCUT2D eigenvalue weighted by atomic mass is 10.0. The van der Waals surface area contributed by atoms with E-state index in [2.05, 4.69) is 20.1 Å². The van der Waals surface area contributed by atoms with Gasteiger partial charge < -0.3 is 9.42 Å². The second-order valence-electron chi connectivity index (χ2n) is 8.09. The molecule has 10 heteroatoms. The highest BCUT2D eigenvalue weighted by Gasteiger charge is 2.33. The summed E-state index contributed by atoms with van der Waals surface area (Å²) in [6, 6.07) is 9.81. The van der Waals surface area contributed by atoms with Crippen LogP contribution in [-0.4, -0.2) is 43.0 Å². The Kier molecular flexibility index (Phi) is 5.76. The number of fused-ring (bicyclic) bond motifs is 1. The summed E-state index contributed by atoms with van der Waals surface area (Å²) in [5.74, 6) is 1.22. The van der Waals surface area contributed by atoms with Gasteiger partial charge in [-0.2, -0.15) is 4.98 Å². The van der Waals surface area contributed by atoms with Gasteiger partial charge in [0, 0.05) is 19.5 Å². The van der Waals surface area contributed by atoms with E-state index in [9.17, 15) is 9.59 Å². The van der Waals surface area contributed by atoms with E-state index in [0.29, 0.717) is 40.1 Å². The quantitative estimate of drug-likeness (QED) is 0.410. The smallest absolute Gasteiger partial charge is 0.294 e. The Morgan fingerprint density at radius 1 is 1.21 bits per heavy atom. The van der Waals surface area contributed by atoms with E-state index in [0.717, 1.165) is 31.4 Å². The fourth-order valence-corrected chi connectivity index (χ4v) is 5.28. The molecule has 0 bridgehead atoms. The van der Waals surface area contributed by atoms with Crippen LogP contribution in [0.4, 0.5) is 5.13 Å². The number of hydrogen-bond donors (Lipinski definition) is 0. The lowest BCUT2D eigenvalue weighted by molar-refractivity contribution is -0.120. The first-order chi connectivity index (χ1) is 16.0. The highest BCUT2D eigenvalue weighted by Crippen LogP contribution is 2.33. The maximum Gasteiger partial charge on any atom is 0.294 e. The second kappa shape index (κ2) is 8.86. The topological polar surface area (TPSA) is 107 Å². The molecule has 1 aliphatic rings. The predicted molar refractivity (Wildman–Crippen MR) is 126 cm³/mol. The Morgan fingerprint density at radius 2 is 2.03 bits per heavy atom. The third kappa shape index (κ3) is 4.06. The minimum Gasteiger partial charge on any atom is -0.338 e. The fraction of sp³-hybridized carbons (Fsp3) is 0.391. The van der Waals surface area contributed by atoms with Gasteiger partial charge in [-0.3, -0.25) is 14.2 Å². The van der Waals surface area contributed by atoms with Gasteiger partial charge in [-0.15, -0.1) is 0 Å². The van der Waals surface area contributed by atoms with Crippen molar-refractivity contribution in [2.75, 3.05) is 11.4 Å². The van der Waals surface area contributed by atoms with Crippen LogP contribution in [-0.2, 0) is 17.8 Å². The third-order valence-electron chi connectivity index (χ3n) is 5.92. The van der Waals surface area contributed by atoms with Crippen molar-refractivity contribution in [1.82, 2.24) is 24.7 Å². The standard InChI is InChI=1S/C23H24N6O3S/c1-3-28-19(20-24-14(2)27-32-20)26-21-18(22(28)31)25-23(33-21)29-13-7-10-16(29)17(30)12-11-15-8-5-4-6-9-15/h4-6,8-9,16H,3,7,10-13H2,1-2H3/t16-/m1/s1. The molecule has 0 amide bonds. The van der Waals surface area contributed by atoms with E-state index in [1.807, 2.05) is 42.2 Å². The summed E-state index contributed by atoms with van der Waals surface area (Å²) in [6.07, 6.45) is 2.91. The molecule has 5 rings (SSSR count). The molecular formula is C23H24N6O3S. The van der Waals surface area contributed by atoms with Crippen molar-refractivity contribution in [2.24, 2.45) is 0 Å². The fourth-order valence-electron chi connectivity index (χ4n) is 4.27. The Labute approximate surface area is 194 Å². The van der Waals surface area contributed by atoms with Gasteiger partial charge in [0.25, 0.3) is 11.4 Å². The van der Waals surface area contributed by atoms with Crippen LogP contribution in [0, 0.1) is 6.92 Å². The van der Waals surface area contributed by atoms with Crippen molar-refractivity contribution in [1.29, 1.82) is 0 Å². The molecule has 4 aromatic rings. The van der Waals surface area contributed by atoms with Crippen LogP contribution in [0.3, 0.4) is 0 Å². The van der Waals surface area contributed by atoms with E-state index < -0.39 is 0 Å². The summed E-state index contributed by atoms with van der Waals surface area (Å²) < 4.78 is 6.75. The molecule has 170 valence electrons. The van der Waals surface area contributed by atoms with Crippen molar-refractivity contribution in [3.8, 4) is 11.7 Å². The molecular weight excluding hydrogens is 440 g/mol. The average molecular weight is 465 g/mol. The van der Waals surface area contributed by atoms with E-state index in [1.165, 1.54) is 15.9 Å². The van der Waals surface area contributed by atoms with E-state index >= 15 is 0 Å². The third-order valence-corrected chi connectivity index (χ3v) is 6.90. The van der Waals surface area contributed by atoms with Gasteiger partial charge in [-0.25, -0.2) is 9.97 Å². The number of Topliss-reactive ketones (excluding diaryl/α,β-unsaturated/α-hetero) is 1. The first kappa shape index (κ1) is 21.4. The number of nitrogens with zero attached hydrogens (tertiary/aromatic N) is 6. The molecule has 1 fully saturated rings. The Balaban J connectivity index is 1.45. The van der Waals surface area contributed by atoms with Crippen LogP contribution >= 0.6 is 11.3 Å². The number of hydrogen-bond acceptors (Lipinski definition) is 9. The number of benzene rings is 1. The van der Waals surface area contributed by atoms with Crippen molar-refractivity contribution >= 4 is 32.6 Å². The predicted octanol–water partition coefficient (Wildman–Crippen LogP) is 3.40. The van der Waals surface area contributed by atoms with Gasteiger partial charge in [0.05, 0.1) is 6.04 Å². The summed E-state index contributed by atoms with van der Waals surface area (Å²) in [7, 11) is 0. The number of anilines is 1. The first-order valence-corrected chi connectivity index (χ1v) is 11.9. The Hall–Kier alpha value is -3.40. The van der Waals surface area contributed by atoms with Gasteiger partial charge in [-0.05, 0) is 38.7 Å². The molecule has 0 aliphatic carbocycles. The SMILES string of the molecule is CCn1c(-c2nc(C)no2)nc2sc(N3CCC[C@@H]3C(=O)CCc3ccccc3)nc2c1=O. The second-order valence-corrected chi connectivity index (χ2v) is 9.04. The molecule has 4 heterocycles. The molecule has 1 aliphatic heterocycles. The van der Waals surface area contributed by atoms with Gasteiger partial charge in [-0.1, -0.05) is 46.8 Å². The minimum absolute atomic E-state index is 0.205. The summed E-state index contributed by atoms with van der Waals surface area (Å²) in [5, 5.41) is 4.47. The Bertz CT molecular complexity index is 1360. The van der Waals surface area contributed by atoms with E-state index in [-0.39, 0.29) is 23.3 Å². The number of ketones is 1. The zero-order valence-corrected chi connectivity index (χ0v) is 19.3. The van der Waals surface area contributed by atoms with Crippen LogP contribution < -0.4 is 10.5 Å². The lowest BCUT2D eigenvalue weighted by Crippen LogP contribution is -2.36. The molecule has 0 spiro atoms. The maximum atomic E-state index is 13.2. The molecule has 9 nitrogen and oxygen atoms in total. The number of thiazole rings is 1. The van der Waals surface area contributed by atoms with Crippen LogP contribution in [0.25, 0.3) is 22.1 Å². The minimum atomic E-state index is -0.248. The van der Waals surface area contributed by atoms with Crippen molar-refractivity contribution in [3.05, 3.63) is 52.1 Å². The zero-order chi connectivity index (χ0) is 22.9. The van der Waals surface area contributed by atoms with Crippen LogP contribution in [0.2, 0.25) is 0 Å². The van der Waals surface area contributed by atoms with Crippen molar-refractivity contribution in [2.45, 2.75) is 52.1 Å². The number of carbonyl (C=O) groups is 1. The highest BCUT2D eigenvalue weighted by atomic mass is 32.1. The molecule has 0 radical (unpaired) electrons. The molecule has 1 saturated heterocycles. The van der Waals surface area contributed by atoms with E-state index in [4.69, 9.17) is 4.52 Å². The normalized spacial score (nSPS) is 16.1. The van der Waals surface area contributed by atoms with E-state index in [1.54, 1.807) is 6.92 Å². The molecule has 0 N–H and O–H groups in total. The summed E-state index contributed by atoms with van der Waals surface area (Å²) >= 11 is 1.33. The molecule has 33 heavy (non-hydrogen) atoms. The first-order valence-electron chi connectivity index (χ1n) is 11.1. The highest BCUT2D eigenvalue weighted by molar-refractivity contribution is 7.21. The van der Waals surface area contributed by atoms with Gasteiger partial charge in [0.2, 0.25) is 5.82 Å². The number of rotatable bonds is 7. The number of carbonyl (C=O) groups excluding carboxylic acids is 1. The molecule has 1 atom stereocenters. The average Bonchev–Trinajstić information content (AvgIpc) is 3.57. The molecule has 3 aromatic heterocycles. The monoisotopic (exact) mass is 464 g/mol. The summed E-state index contributed by atoms with van der Waals surface area (Å²) in [6.45, 7) is 4.71.